The van der Waals surface area contributed by atoms with Gasteiger partial charge >= 0.3 is 12.4 Å². The number of ether oxygens (including phenoxy) is 2. The molecule has 1 saturated carbocycles. The van der Waals surface area contributed by atoms with E-state index in [-0.39, 0.29) is 12.8 Å². The summed E-state index contributed by atoms with van der Waals surface area (Å²) < 4.78 is 81.5. The van der Waals surface area contributed by atoms with E-state index in [1.165, 1.54) is 0 Å². The maximum atomic E-state index is 12.1. The summed E-state index contributed by atoms with van der Waals surface area (Å²) in [6.07, 6.45) is -7.30. The van der Waals surface area contributed by atoms with E-state index < -0.39 is 31.4 Å². The Morgan fingerprint density at radius 2 is 1.11 bits per heavy atom. The summed E-state index contributed by atoms with van der Waals surface area (Å²) >= 11 is 0. The molecule has 0 atom stereocenters. The van der Waals surface area contributed by atoms with E-state index in [0.29, 0.717) is 12.8 Å². The van der Waals surface area contributed by atoms with Crippen LogP contribution in [0.2, 0.25) is 0 Å². The Hall–Kier alpha value is -0.500. The van der Waals surface area contributed by atoms with Gasteiger partial charge in [0.25, 0.3) is 0 Å². The monoisotopic (exact) mass is 280 g/mol. The molecule has 0 aliphatic heterocycles. The average molecular weight is 280 g/mol. The number of rotatable bonds is 4. The van der Waals surface area contributed by atoms with E-state index in [0.717, 1.165) is 6.42 Å². The van der Waals surface area contributed by atoms with Crippen molar-refractivity contribution in [3.63, 3.8) is 0 Å². The SMILES string of the molecule is FC(F)(F)COC1(OCC(F)(F)F)CCCCC1. The molecule has 0 radical (unpaired) electrons. The average Bonchev–Trinajstić information content (AvgIpc) is 2.24. The fourth-order valence-electron chi connectivity index (χ4n) is 1.85. The molecule has 0 aromatic heterocycles. The first-order valence-corrected chi connectivity index (χ1v) is 5.53. The van der Waals surface area contributed by atoms with Gasteiger partial charge in [-0.25, -0.2) is 0 Å². The molecule has 0 amide bonds. The summed E-state index contributed by atoms with van der Waals surface area (Å²) in [6.45, 7) is -3.18. The molecular weight excluding hydrogens is 266 g/mol. The summed E-state index contributed by atoms with van der Waals surface area (Å²) in [5.41, 5.74) is 0. The Bertz CT molecular complexity index is 234. The van der Waals surface area contributed by atoms with E-state index in [1.54, 1.807) is 0 Å². The van der Waals surface area contributed by atoms with E-state index in [1.807, 2.05) is 0 Å². The Kier molecular flexibility index (Phi) is 4.88. The smallest absolute Gasteiger partial charge is 0.341 e. The molecule has 108 valence electrons. The van der Waals surface area contributed by atoms with Gasteiger partial charge in [0.15, 0.2) is 5.79 Å². The van der Waals surface area contributed by atoms with Crippen LogP contribution >= 0.6 is 0 Å². The van der Waals surface area contributed by atoms with Crippen LogP contribution in [0.4, 0.5) is 26.3 Å². The minimum atomic E-state index is -4.58. The second-order valence-corrected chi connectivity index (χ2v) is 4.28. The van der Waals surface area contributed by atoms with Gasteiger partial charge < -0.3 is 9.47 Å². The van der Waals surface area contributed by atoms with E-state index >= 15 is 0 Å². The summed E-state index contributed by atoms with van der Waals surface area (Å²) in [5, 5.41) is 0. The third-order valence-electron chi connectivity index (χ3n) is 2.61. The number of halogens is 6. The molecular formula is C10H14F6O2. The van der Waals surface area contributed by atoms with E-state index in [4.69, 9.17) is 0 Å². The minimum absolute atomic E-state index is 0.0547. The number of hydrogen-bond acceptors (Lipinski definition) is 2. The first-order valence-electron chi connectivity index (χ1n) is 5.53. The number of hydrogen-bond donors (Lipinski definition) is 0. The molecule has 0 spiro atoms. The van der Waals surface area contributed by atoms with Crippen LogP contribution in [0.15, 0.2) is 0 Å². The van der Waals surface area contributed by atoms with Crippen LogP contribution in [0.3, 0.4) is 0 Å². The van der Waals surface area contributed by atoms with Crippen LogP contribution in [0.1, 0.15) is 32.1 Å². The highest BCUT2D eigenvalue weighted by Gasteiger charge is 2.42. The van der Waals surface area contributed by atoms with Crippen molar-refractivity contribution >= 4 is 0 Å². The molecule has 2 nitrogen and oxygen atoms in total. The molecule has 0 heterocycles. The van der Waals surface area contributed by atoms with Crippen LogP contribution in [-0.2, 0) is 9.47 Å². The third kappa shape index (κ3) is 5.90. The van der Waals surface area contributed by atoms with Crippen molar-refractivity contribution in [2.75, 3.05) is 13.2 Å². The Morgan fingerprint density at radius 1 is 0.722 bits per heavy atom. The molecule has 8 heteroatoms. The molecule has 1 rings (SSSR count). The zero-order chi connectivity index (χ0) is 13.9. The minimum Gasteiger partial charge on any atom is -0.341 e. The lowest BCUT2D eigenvalue weighted by Gasteiger charge is -2.37. The number of alkyl halides is 6. The van der Waals surface area contributed by atoms with Crippen LogP contribution in [0.5, 0.6) is 0 Å². The van der Waals surface area contributed by atoms with Gasteiger partial charge in [0.1, 0.15) is 13.2 Å². The van der Waals surface area contributed by atoms with E-state index in [2.05, 4.69) is 9.47 Å². The lowest BCUT2D eigenvalue weighted by atomic mass is 9.94. The Balaban J connectivity index is 2.57. The maximum absolute atomic E-state index is 12.1. The van der Waals surface area contributed by atoms with Gasteiger partial charge in [0.05, 0.1) is 0 Å². The normalized spacial score (nSPS) is 21.0. The van der Waals surface area contributed by atoms with E-state index in [9.17, 15) is 26.3 Å². The Morgan fingerprint density at radius 3 is 1.44 bits per heavy atom. The predicted octanol–water partition coefficient (Wildman–Crippen LogP) is 3.80. The first-order chi connectivity index (χ1) is 8.12. The molecule has 1 aliphatic carbocycles. The zero-order valence-electron chi connectivity index (χ0n) is 9.53. The molecule has 0 N–H and O–H groups in total. The molecule has 0 bridgehead atoms. The summed E-state index contributed by atoms with van der Waals surface area (Å²) in [5.74, 6) is -1.75. The van der Waals surface area contributed by atoms with Crippen molar-refractivity contribution in [1.29, 1.82) is 0 Å². The fourth-order valence-corrected chi connectivity index (χ4v) is 1.85. The molecule has 1 fully saturated rings. The van der Waals surface area contributed by atoms with Gasteiger partial charge in [0, 0.05) is 12.8 Å². The van der Waals surface area contributed by atoms with Crippen LogP contribution in [-0.4, -0.2) is 31.4 Å². The highest BCUT2D eigenvalue weighted by molar-refractivity contribution is 4.76. The van der Waals surface area contributed by atoms with Crippen LogP contribution in [0.25, 0.3) is 0 Å². The van der Waals surface area contributed by atoms with Gasteiger partial charge in [0.2, 0.25) is 0 Å². The van der Waals surface area contributed by atoms with Crippen molar-refractivity contribution in [2.45, 2.75) is 50.2 Å². The third-order valence-corrected chi connectivity index (χ3v) is 2.61. The largest absolute Gasteiger partial charge is 0.411 e. The zero-order valence-corrected chi connectivity index (χ0v) is 9.53. The highest BCUT2D eigenvalue weighted by atomic mass is 19.4. The molecule has 0 aromatic carbocycles. The summed E-state index contributed by atoms with van der Waals surface area (Å²) in [4.78, 5) is 0. The van der Waals surface area contributed by atoms with Crippen molar-refractivity contribution in [1.82, 2.24) is 0 Å². The Labute approximate surface area is 100 Å². The quantitative estimate of drug-likeness (QED) is 0.576. The summed E-state index contributed by atoms with van der Waals surface area (Å²) in [7, 11) is 0. The molecule has 0 unspecified atom stereocenters. The van der Waals surface area contributed by atoms with Crippen molar-refractivity contribution in [3.05, 3.63) is 0 Å². The van der Waals surface area contributed by atoms with Gasteiger partial charge in [-0.05, 0) is 12.8 Å². The fraction of sp³-hybridized carbons (Fsp3) is 1.00. The van der Waals surface area contributed by atoms with Crippen molar-refractivity contribution in [3.8, 4) is 0 Å². The maximum Gasteiger partial charge on any atom is 0.411 e. The van der Waals surface area contributed by atoms with Crippen molar-refractivity contribution < 1.29 is 35.8 Å². The first kappa shape index (κ1) is 15.6. The van der Waals surface area contributed by atoms with Crippen LogP contribution < -0.4 is 0 Å². The molecule has 0 saturated heterocycles. The second kappa shape index (κ2) is 5.64. The lowest BCUT2D eigenvalue weighted by Crippen LogP contribution is -2.43. The van der Waals surface area contributed by atoms with Gasteiger partial charge in [-0.15, -0.1) is 0 Å². The predicted molar refractivity (Wildman–Crippen MR) is 49.8 cm³/mol. The summed E-state index contributed by atoms with van der Waals surface area (Å²) in [6, 6.07) is 0. The standard InChI is InChI=1S/C10H14F6O2/c11-9(12,13)6-17-8(4-2-1-3-5-8)18-7-10(14,15)16/h1-7H2. The highest BCUT2D eigenvalue weighted by Crippen LogP contribution is 2.35. The van der Waals surface area contributed by atoms with Crippen LogP contribution in [0, 0.1) is 0 Å². The van der Waals surface area contributed by atoms with Gasteiger partial charge in [-0.1, -0.05) is 6.42 Å². The molecule has 18 heavy (non-hydrogen) atoms. The second-order valence-electron chi connectivity index (χ2n) is 4.28. The lowest BCUT2D eigenvalue weighted by molar-refractivity contribution is -0.318. The topological polar surface area (TPSA) is 18.5 Å². The molecule has 1 aliphatic rings. The van der Waals surface area contributed by atoms with Crippen molar-refractivity contribution in [2.24, 2.45) is 0 Å². The van der Waals surface area contributed by atoms with Gasteiger partial charge in [-0.2, -0.15) is 26.3 Å². The molecule has 0 aromatic rings. The van der Waals surface area contributed by atoms with Gasteiger partial charge in [-0.3, -0.25) is 0 Å².